The summed E-state index contributed by atoms with van der Waals surface area (Å²) in [6.07, 6.45) is 1.35. The van der Waals surface area contributed by atoms with E-state index in [0.29, 0.717) is 31.6 Å². The number of nitro groups is 1. The number of halogens is 1. The zero-order chi connectivity index (χ0) is 13.1. The highest BCUT2D eigenvalue weighted by Crippen LogP contribution is 2.37. The summed E-state index contributed by atoms with van der Waals surface area (Å²) in [4.78, 5) is 10.5. The summed E-state index contributed by atoms with van der Waals surface area (Å²) in [6, 6.07) is 2.37. The van der Waals surface area contributed by atoms with Gasteiger partial charge >= 0.3 is 0 Å². The fourth-order valence-electron chi connectivity index (χ4n) is 2.21. The van der Waals surface area contributed by atoms with Crippen molar-refractivity contribution in [2.45, 2.75) is 18.8 Å². The van der Waals surface area contributed by atoms with Crippen LogP contribution >= 0.6 is 0 Å². The van der Waals surface area contributed by atoms with Gasteiger partial charge in [0, 0.05) is 18.8 Å². The van der Waals surface area contributed by atoms with Crippen LogP contribution in [0.3, 0.4) is 0 Å². The summed E-state index contributed by atoms with van der Waals surface area (Å²) < 4.78 is 23.7. The number of nitrogens with zero attached hydrogens (tertiary/aromatic N) is 1. The Balaban J connectivity index is 2.43. The van der Waals surface area contributed by atoms with E-state index in [0.717, 1.165) is 6.07 Å². The molecule has 6 heteroatoms. The molecule has 0 unspecified atom stereocenters. The Morgan fingerprint density at radius 1 is 1.44 bits per heavy atom. The molecule has 1 aromatic rings. The van der Waals surface area contributed by atoms with E-state index in [9.17, 15) is 14.5 Å². The van der Waals surface area contributed by atoms with Crippen molar-refractivity contribution in [2.75, 3.05) is 20.3 Å². The lowest BCUT2D eigenvalue weighted by molar-refractivity contribution is -0.385. The topological polar surface area (TPSA) is 61.6 Å². The number of methoxy groups -OCH3 is 1. The molecule has 0 saturated carbocycles. The van der Waals surface area contributed by atoms with Crippen molar-refractivity contribution >= 4 is 5.69 Å². The first-order valence-electron chi connectivity index (χ1n) is 5.73. The molecule has 0 amide bonds. The number of ether oxygens (including phenoxy) is 2. The highest BCUT2D eigenvalue weighted by molar-refractivity contribution is 5.48. The molecule has 0 radical (unpaired) electrons. The van der Waals surface area contributed by atoms with Crippen LogP contribution in [0.5, 0.6) is 5.75 Å². The van der Waals surface area contributed by atoms with Crippen LogP contribution in [0, 0.1) is 15.9 Å². The summed E-state index contributed by atoms with van der Waals surface area (Å²) in [5.74, 6) is -0.693. The zero-order valence-electron chi connectivity index (χ0n) is 10.0. The van der Waals surface area contributed by atoms with E-state index in [1.165, 1.54) is 13.2 Å². The summed E-state index contributed by atoms with van der Waals surface area (Å²) in [6.45, 7) is 1.10. The van der Waals surface area contributed by atoms with Crippen molar-refractivity contribution in [2.24, 2.45) is 0 Å². The van der Waals surface area contributed by atoms with Crippen molar-refractivity contribution in [1.29, 1.82) is 0 Å². The number of rotatable bonds is 3. The van der Waals surface area contributed by atoms with E-state index >= 15 is 0 Å². The van der Waals surface area contributed by atoms with Gasteiger partial charge in [0.1, 0.15) is 0 Å². The van der Waals surface area contributed by atoms with Gasteiger partial charge in [-0.2, -0.15) is 0 Å². The lowest BCUT2D eigenvalue weighted by Crippen LogP contribution is -2.15. The Morgan fingerprint density at radius 2 is 2.11 bits per heavy atom. The van der Waals surface area contributed by atoms with E-state index in [-0.39, 0.29) is 17.4 Å². The molecule has 98 valence electrons. The standard InChI is InChI=1S/C12H14FNO4/c1-17-12-7-11(14(15)16)9(6-10(12)13)8-2-4-18-5-3-8/h6-8H,2-5H2,1H3. The Kier molecular flexibility index (Phi) is 3.76. The molecule has 1 aliphatic heterocycles. The minimum Gasteiger partial charge on any atom is -0.493 e. The van der Waals surface area contributed by atoms with Gasteiger partial charge in [0.2, 0.25) is 0 Å². The quantitative estimate of drug-likeness (QED) is 0.615. The van der Waals surface area contributed by atoms with E-state index < -0.39 is 10.7 Å². The first-order chi connectivity index (χ1) is 8.63. The van der Waals surface area contributed by atoms with Crippen molar-refractivity contribution in [3.05, 3.63) is 33.6 Å². The zero-order valence-corrected chi connectivity index (χ0v) is 10.0. The van der Waals surface area contributed by atoms with Crippen LogP contribution in [0.15, 0.2) is 12.1 Å². The molecule has 0 spiro atoms. The highest BCUT2D eigenvalue weighted by Gasteiger charge is 2.26. The Labute approximate surface area is 104 Å². The molecule has 1 fully saturated rings. The molecule has 0 atom stereocenters. The van der Waals surface area contributed by atoms with Gasteiger partial charge in [0.05, 0.1) is 18.1 Å². The minimum absolute atomic E-state index is 0.0282. The lowest BCUT2D eigenvalue weighted by Gasteiger charge is -2.22. The van der Waals surface area contributed by atoms with Crippen LogP contribution in [0.2, 0.25) is 0 Å². The predicted octanol–water partition coefficient (Wildman–Crippen LogP) is 2.64. The summed E-state index contributed by atoms with van der Waals surface area (Å²) >= 11 is 0. The van der Waals surface area contributed by atoms with Gasteiger partial charge in [-0.1, -0.05) is 0 Å². The molecule has 1 aromatic carbocycles. The smallest absolute Gasteiger partial charge is 0.276 e. The molecule has 1 aliphatic rings. The first-order valence-corrected chi connectivity index (χ1v) is 5.73. The van der Waals surface area contributed by atoms with Gasteiger partial charge in [-0.25, -0.2) is 4.39 Å². The summed E-state index contributed by atoms with van der Waals surface area (Å²) in [7, 11) is 1.29. The fourth-order valence-corrected chi connectivity index (χ4v) is 2.21. The second-order valence-electron chi connectivity index (χ2n) is 4.19. The largest absolute Gasteiger partial charge is 0.493 e. The molecule has 1 saturated heterocycles. The number of benzene rings is 1. The molecule has 5 nitrogen and oxygen atoms in total. The number of nitro benzene ring substituents is 1. The highest BCUT2D eigenvalue weighted by atomic mass is 19.1. The maximum Gasteiger partial charge on any atom is 0.276 e. The minimum atomic E-state index is -0.565. The summed E-state index contributed by atoms with van der Waals surface area (Å²) in [5.41, 5.74) is 0.349. The average Bonchev–Trinajstić information content (AvgIpc) is 2.39. The number of hydrogen-bond donors (Lipinski definition) is 0. The Morgan fingerprint density at radius 3 is 2.67 bits per heavy atom. The summed E-state index contributed by atoms with van der Waals surface area (Å²) in [5, 5.41) is 11.0. The Hall–Kier alpha value is -1.69. The molecular formula is C12H14FNO4. The second-order valence-corrected chi connectivity index (χ2v) is 4.19. The molecule has 2 rings (SSSR count). The van der Waals surface area contributed by atoms with Gasteiger partial charge in [-0.15, -0.1) is 0 Å². The molecule has 0 aromatic heterocycles. The molecule has 1 heterocycles. The van der Waals surface area contributed by atoms with Crippen molar-refractivity contribution in [3.8, 4) is 5.75 Å². The third-order valence-corrected chi connectivity index (χ3v) is 3.16. The Bertz CT molecular complexity index is 458. The third kappa shape index (κ3) is 2.43. The monoisotopic (exact) mass is 255 g/mol. The second kappa shape index (κ2) is 5.30. The number of hydrogen-bond acceptors (Lipinski definition) is 4. The normalized spacial score (nSPS) is 16.6. The van der Waals surface area contributed by atoms with Crippen molar-refractivity contribution in [3.63, 3.8) is 0 Å². The maximum absolute atomic E-state index is 13.7. The van der Waals surface area contributed by atoms with Crippen molar-refractivity contribution < 1.29 is 18.8 Å². The van der Waals surface area contributed by atoms with E-state index in [4.69, 9.17) is 9.47 Å². The predicted molar refractivity (Wildman–Crippen MR) is 62.4 cm³/mol. The van der Waals surface area contributed by atoms with Crippen molar-refractivity contribution in [1.82, 2.24) is 0 Å². The fraction of sp³-hybridized carbons (Fsp3) is 0.500. The van der Waals surface area contributed by atoms with Crippen LogP contribution in [-0.2, 0) is 4.74 Å². The molecule has 18 heavy (non-hydrogen) atoms. The molecule has 0 N–H and O–H groups in total. The van der Waals surface area contributed by atoms with E-state index in [1.54, 1.807) is 0 Å². The van der Waals surface area contributed by atoms with E-state index in [1.807, 2.05) is 0 Å². The lowest BCUT2D eigenvalue weighted by atomic mass is 9.90. The van der Waals surface area contributed by atoms with Crippen LogP contribution in [0.25, 0.3) is 0 Å². The van der Waals surface area contributed by atoms with Gasteiger partial charge in [0.15, 0.2) is 11.6 Å². The maximum atomic E-state index is 13.7. The average molecular weight is 255 g/mol. The van der Waals surface area contributed by atoms with Crippen LogP contribution in [-0.4, -0.2) is 25.2 Å². The van der Waals surface area contributed by atoms with Gasteiger partial charge in [0.25, 0.3) is 5.69 Å². The van der Waals surface area contributed by atoms with Crippen LogP contribution in [0.4, 0.5) is 10.1 Å². The van der Waals surface area contributed by atoms with E-state index in [2.05, 4.69) is 0 Å². The molecular weight excluding hydrogens is 241 g/mol. The van der Waals surface area contributed by atoms with Gasteiger partial charge < -0.3 is 9.47 Å². The van der Waals surface area contributed by atoms with Crippen LogP contribution in [0.1, 0.15) is 24.3 Å². The molecule has 0 aliphatic carbocycles. The van der Waals surface area contributed by atoms with Gasteiger partial charge in [-0.3, -0.25) is 10.1 Å². The third-order valence-electron chi connectivity index (χ3n) is 3.16. The van der Waals surface area contributed by atoms with Crippen LogP contribution < -0.4 is 4.74 Å². The first kappa shape index (κ1) is 12.8. The SMILES string of the molecule is COc1cc([N+](=O)[O-])c(C2CCOCC2)cc1F. The molecule has 0 bridgehead atoms. The van der Waals surface area contributed by atoms with Gasteiger partial charge in [-0.05, 0) is 24.8 Å².